The van der Waals surface area contributed by atoms with Crippen LogP contribution < -0.4 is 10.5 Å². The van der Waals surface area contributed by atoms with E-state index in [4.69, 9.17) is 5.73 Å². The maximum Gasteiger partial charge on any atom is 0.232 e. The van der Waals surface area contributed by atoms with Gasteiger partial charge in [-0.1, -0.05) is 19.3 Å². The van der Waals surface area contributed by atoms with E-state index in [0.29, 0.717) is 17.3 Å². The molecular weight excluding hydrogens is 260 g/mol. The number of rotatable bonds is 4. The molecule has 0 aromatic heterocycles. The molecule has 0 atom stereocenters. The Morgan fingerprint density at radius 2 is 1.95 bits per heavy atom. The summed E-state index contributed by atoms with van der Waals surface area (Å²) >= 11 is 0. The summed E-state index contributed by atoms with van der Waals surface area (Å²) in [7, 11) is -3.25. The summed E-state index contributed by atoms with van der Waals surface area (Å²) in [6.45, 7) is 1.87. The largest absolute Gasteiger partial charge is 0.399 e. The van der Waals surface area contributed by atoms with E-state index in [0.717, 1.165) is 31.2 Å². The molecule has 1 aliphatic carbocycles. The van der Waals surface area contributed by atoms with Gasteiger partial charge in [-0.25, -0.2) is 8.42 Å². The average Bonchev–Trinajstić information content (AvgIpc) is 2.34. The zero-order valence-electron chi connectivity index (χ0n) is 11.4. The fourth-order valence-corrected chi connectivity index (χ4v) is 4.15. The smallest absolute Gasteiger partial charge is 0.232 e. The van der Waals surface area contributed by atoms with Gasteiger partial charge in [-0.15, -0.1) is 0 Å². The number of benzene rings is 1. The van der Waals surface area contributed by atoms with Gasteiger partial charge in [0, 0.05) is 11.4 Å². The summed E-state index contributed by atoms with van der Waals surface area (Å²) in [5.74, 6) is 0.539. The van der Waals surface area contributed by atoms with Gasteiger partial charge in [0.25, 0.3) is 0 Å². The number of hydrogen-bond donors (Lipinski definition) is 2. The van der Waals surface area contributed by atoms with E-state index in [-0.39, 0.29) is 5.75 Å². The van der Waals surface area contributed by atoms with Crippen molar-refractivity contribution in [2.75, 3.05) is 16.2 Å². The summed E-state index contributed by atoms with van der Waals surface area (Å²) in [5, 5.41) is 0. The second-order valence-corrected chi connectivity index (χ2v) is 7.23. The van der Waals surface area contributed by atoms with Crippen molar-refractivity contribution >= 4 is 21.4 Å². The lowest BCUT2D eigenvalue weighted by molar-refractivity contribution is 0.385. The first-order chi connectivity index (χ1) is 8.96. The van der Waals surface area contributed by atoms with Crippen LogP contribution >= 0.6 is 0 Å². The fourth-order valence-electron chi connectivity index (χ4n) is 2.62. The predicted molar refractivity (Wildman–Crippen MR) is 79.6 cm³/mol. The van der Waals surface area contributed by atoms with Gasteiger partial charge in [-0.05, 0) is 49.4 Å². The molecule has 0 aliphatic heterocycles. The van der Waals surface area contributed by atoms with Crippen molar-refractivity contribution in [2.45, 2.75) is 39.0 Å². The lowest BCUT2D eigenvalue weighted by Gasteiger charge is -2.21. The lowest BCUT2D eigenvalue weighted by Crippen LogP contribution is -2.24. The molecule has 4 nitrogen and oxygen atoms in total. The molecule has 0 radical (unpaired) electrons. The maximum atomic E-state index is 12.1. The Morgan fingerprint density at radius 1 is 1.26 bits per heavy atom. The van der Waals surface area contributed by atoms with Gasteiger partial charge in [0.15, 0.2) is 0 Å². The molecule has 106 valence electrons. The fraction of sp³-hybridized carbons (Fsp3) is 0.571. The summed E-state index contributed by atoms with van der Waals surface area (Å²) in [6, 6.07) is 5.21. The molecule has 1 aromatic carbocycles. The highest BCUT2D eigenvalue weighted by atomic mass is 32.2. The Balaban J connectivity index is 2.01. The zero-order valence-corrected chi connectivity index (χ0v) is 12.2. The zero-order chi connectivity index (χ0) is 13.9. The summed E-state index contributed by atoms with van der Waals surface area (Å²) in [5.41, 5.74) is 7.89. The van der Waals surface area contributed by atoms with E-state index in [1.807, 2.05) is 6.92 Å². The summed E-state index contributed by atoms with van der Waals surface area (Å²) in [6.07, 6.45) is 5.60. The second kappa shape index (κ2) is 5.82. The van der Waals surface area contributed by atoms with E-state index in [2.05, 4.69) is 4.72 Å². The van der Waals surface area contributed by atoms with Crippen molar-refractivity contribution in [1.82, 2.24) is 0 Å². The summed E-state index contributed by atoms with van der Waals surface area (Å²) in [4.78, 5) is 0. The molecule has 1 saturated carbocycles. The quantitative estimate of drug-likeness (QED) is 0.834. The minimum absolute atomic E-state index is 0.233. The topological polar surface area (TPSA) is 72.2 Å². The Bertz CT molecular complexity index is 534. The Hall–Kier alpha value is -1.23. The molecule has 1 aromatic rings. The normalized spacial score (nSPS) is 17.3. The van der Waals surface area contributed by atoms with Crippen LogP contribution in [0.4, 0.5) is 11.4 Å². The van der Waals surface area contributed by atoms with Gasteiger partial charge in [0.2, 0.25) is 10.0 Å². The molecule has 2 rings (SSSR count). The number of nitrogen functional groups attached to an aromatic ring is 1. The van der Waals surface area contributed by atoms with Crippen LogP contribution in [0, 0.1) is 12.8 Å². The van der Waals surface area contributed by atoms with Crippen molar-refractivity contribution in [1.29, 1.82) is 0 Å². The van der Waals surface area contributed by atoms with E-state index in [9.17, 15) is 8.42 Å². The SMILES string of the molecule is Cc1cc(NS(=O)(=O)CC2CCCCC2)ccc1N. The Kier molecular flexibility index (Phi) is 4.34. The molecular formula is C14H22N2O2S. The number of nitrogens with two attached hydrogens (primary N) is 1. The van der Waals surface area contributed by atoms with Gasteiger partial charge in [0.05, 0.1) is 5.75 Å². The molecule has 0 amide bonds. The number of anilines is 2. The molecule has 0 bridgehead atoms. The standard InChI is InChI=1S/C14H22N2O2S/c1-11-9-13(7-8-14(11)15)16-19(17,18)10-12-5-3-2-4-6-12/h7-9,12,16H,2-6,10,15H2,1H3. The van der Waals surface area contributed by atoms with Gasteiger partial charge in [-0.2, -0.15) is 0 Å². The van der Waals surface area contributed by atoms with Crippen molar-refractivity contribution in [3.63, 3.8) is 0 Å². The van der Waals surface area contributed by atoms with Crippen LogP contribution in [0.15, 0.2) is 18.2 Å². The van der Waals surface area contributed by atoms with E-state index in [1.54, 1.807) is 18.2 Å². The van der Waals surface area contributed by atoms with Crippen LogP contribution in [-0.4, -0.2) is 14.2 Å². The summed E-state index contributed by atoms with van der Waals surface area (Å²) < 4.78 is 26.9. The van der Waals surface area contributed by atoms with E-state index >= 15 is 0 Å². The van der Waals surface area contributed by atoms with Crippen LogP contribution in [0.2, 0.25) is 0 Å². The van der Waals surface area contributed by atoms with E-state index in [1.165, 1.54) is 6.42 Å². The highest BCUT2D eigenvalue weighted by Crippen LogP contribution is 2.26. The minimum Gasteiger partial charge on any atom is -0.399 e. The molecule has 0 saturated heterocycles. The van der Waals surface area contributed by atoms with Crippen molar-refractivity contribution in [3.05, 3.63) is 23.8 Å². The molecule has 3 N–H and O–H groups in total. The first kappa shape index (κ1) is 14.2. The molecule has 0 heterocycles. The first-order valence-electron chi connectivity index (χ1n) is 6.83. The predicted octanol–water partition coefficient (Wildman–Crippen LogP) is 2.90. The van der Waals surface area contributed by atoms with Crippen LogP contribution in [0.1, 0.15) is 37.7 Å². The number of nitrogens with one attached hydrogen (secondary N) is 1. The van der Waals surface area contributed by atoms with Crippen LogP contribution in [0.3, 0.4) is 0 Å². The molecule has 1 fully saturated rings. The third-order valence-electron chi connectivity index (χ3n) is 3.72. The molecule has 0 unspecified atom stereocenters. The highest BCUT2D eigenvalue weighted by molar-refractivity contribution is 7.92. The third kappa shape index (κ3) is 4.13. The highest BCUT2D eigenvalue weighted by Gasteiger charge is 2.21. The first-order valence-corrected chi connectivity index (χ1v) is 8.48. The van der Waals surface area contributed by atoms with Crippen LogP contribution in [0.5, 0.6) is 0 Å². The average molecular weight is 282 g/mol. The molecule has 0 spiro atoms. The molecule has 5 heteroatoms. The Morgan fingerprint density at radius 3 is 2.58 bits per heavy atom. The lowest BCUT2D eigenvalue weighted by atomic mass is 9.91. The van der Waals surface area contributed by atoms with Gasteiger partial charge < -0.3 is 5.73 Å². The van der Waals surface area contributed by atoms with Gasteiger partial charge >= 0.3 is 0 Å². The van der Waals surface area contributed by atoms with Crippen LogP contribution in [-0.2, 0) is 10.0 Å². The number of sulfonamides is 1. The van der Waals surface area contributed by atoms with Gasteiger partial charge in [0.1, 0.15) is 0 Å². The monoisotopic (exact) mass is 282 g/mol. The second-order valence-electron chi connectivity index (χ2n) is 5.46. The molecule has 1 aliphatic rings. The maximum absolute atomic E-state index is 12.1. The van der Waals surface area contributed by atoms with Gasteiger partial charge in [-0.3, -0.25) is 4.72 Å². The van der Waals surface area contributed by atoms with Crippen molar-refractivity contribution < 1.29 is 8.42 Å². The minimum atomic E-state index is -3.25. The van der Waals surface area contributed by atoms with Crippen LogP contribution in [0.25, 0.3) is 0 Å². The molecule has 19 heavy (non-hydrogen) atoms. The van der Waals surface area contributed by atoms with Crippen molar-refractivity contribution in [2.24, 2.45) is 5.92 Å². The van der Waals surface area contributed by atoms with E-state index < -0.39 is 10.0 Å². The Labute approximate surface area is 115 Å². The number of hydrogen-bond acceptors (Lipinski definition) is 3. The van der Waals surface area contributed by atoms with Crippen molar-refractivity contribution in [3.8, 4) is 0 Å². The third-order valence-corrected chi connectivity index (χ3v) is 5.18. The number of aryl methyl sites for hydroxylation is 1.